The molecule has 0 saturated carbocycles. The summed E-state index contributed by atoms with van der Waals surface area (Å²) >= 11 is 0. The average molecular weight is 217 g/mol. The molecule has 2 heteroatoms. The van der Waals surface area contributed by atoms with Gasteiger partial charge in [0.1, 0.15) is 0 Å². The van der Waals surface area contributed by atoms with Crippen LogP contribution in [-0.4, -0.2) is 0 Å². The Balaban J connectivity index is 0.000000490. The molecule has 0 aliphatic rings. The van der Waals surface area contributed by atoms with Crippen LogP contribution in [0.15, 0.2) is 30.3 Å². The first-order valence-corrected chi connectivity index (χ1v) is 2.78. The van der Waals surface area contributed by atoms with Crippen LogP contribution in [0.1, 0.15) is 0 Å². The largest absolute Gasteiger partial charge is 2.00 e. The Morgan fingerprint density at radius 1 is 1.00 bits per heavy atom. The van der Waals surface area contributed by atoms with Crippen LogP contribution in [-0.2, 0) is 20.4 Å². The second kappa shape index (κ2) is 4.22. The van der Waals surface area contributed by atoms with Crippen LogP contribution in [0.25, 0.3) is 0 Å². The van der Waals surface area contributed by atoms with Gasteiger partial charge in [0.05, 0.1) is 0 Å². The Kier molecular flexibility index (Phi) is 4.38. The zero-order chi connectivity index (χ0) is 5.11. The van der Waals surface area contributed by atoms with Gasteiger partial charge in [-0.2, -0.15) is 0 Å². The number of hydrogen-bond donors (Lipinski definition) is 0. The smallest absolute Gasteiger partial charge is 0.106 e. The molecule has 1 aromatic carbocycles. The molecule has 0 aromatic heterocycles. The van der Waals surface area contributed by atoms with Crippen molar-refractivity contribution in [3.8, 4) is 0 Å². The van der Waals surface area contributed by atoms with Gasteiger partial charge in [-0.25, -0.2) is 0 Å². The molecule has 1 rings (SSSR count). The van der Waals surface area contributed by atoms with E-state index in [2.05, 4.69) is 9.24 Å². The van der Waals surface area contributed by atoms with E-state index in [0.29, 0.717) is 0 Å². The van der Waals surface area contributed by atoms with Gasteiger partial charge in [-0.3, -0.25) is 0 Å². The first-order chi connectivity index (χ1) is 3.39. The van der Waals surface area contributed by atoms with Gasteiger partial charge in [0.25, 0.3) is 0 Å². The van der Waals surface area contributed by atoms with Crippen LogP contribution in [0.3, 0.4) is 0 Å². The molecule has 1 atom stereocenters. The van der Waals surface area contributed by atoms with Crippen molar-refractivity contribution >= 4 is 14.5 Å². The van der Waals surface area contributed by atoms with Gasteiger partial charge in [0.2, 0.25) is 0 Å². The van der Waals surface area contributed by atoms with Gasteiger partial charge in [0, 0.05) is 0 Å². The van der Waals surface area contributed by atoms with Crippen molar-refractivity contribution < 1.29 is 20.4 Å². The van der Waals surface area contributed by atoms with E-state index in [4.69, 9.17) is 0 Å². The summed E-state index contributed by atoms with van der Waals surface area (Å²) in [6.07, 6.45) is 0. The van der Waals surface area contributed by atoms with Crippen LogP contribution < -0.4 is 5.30 Å². The van der Waals surface area contributed by atoms with E-state index < -0.39 is 0 Å². The molecule has 44 valence electrons. The molecule has 1 aromatic rings. The molecular weight excluding hydrogens is 209 g/mol. The van der Waals surface area contributed by atoms with Crippen molar-refractivity contribution in [2.24, 2.45) is 0 Å². The van der Waals surface area contributed by atoms with E-state index in [1.54, 1.807) is 0 Å². The SMILES string of the molecule is Pc1ccccc1.[Pd+2]. The zero-order valence-electron chi connectivity index (χ0n) is 4.28. The average Bonchev–Trinajstić information content (AvgIpc) is 1.69. The summed E-state index contributed by atoms with van der Waals surface area (Å²) in [4.78, 5) is 0. The molecule has 0 amide bonds. The molecule has 0 aliphatic carbocycles. The van der Waals surface area contributed by atoms with Crippen LogP contribution in [0, 0.1) is 0 Å². The first-order valence-electron chi connectivity index (χ1n) is 2.20. The number of rotatable bonds is 0. The van der Waals surface area contributed by atoms with Crippen molar-refractivity contribution in [1.29, 1.82) is 0 Å². The summed E-state index contributed by atoms with van der Waals surface area (Å²) in [7, 11) is 2.63. The van der Waals surface area contributed by atoms with E-state index in [-0.39, 0.29) is 20.4 Å². The molecule has 1 unspecified atom stereocenters. The maximum absolute atomic E-state index is 2.63. The van der Waals surface area contributed by atoms with Crippen molar-refractivity contribution in [2.75, 3.05) is 0 Å². The normalized spacial score (nSPS) is 7.62. The van der Waals surface area contributed by atoms with Crippen LogP contribution in [0.2, 0.25) is 0 Å². The third-order valence-electron chi connectivity index (χ3n) is 0.800. The van der Waals surface area contributed by atoms with E-state index in [0.717, 1.165) is 0 Å². The minimum atomic E-state index is 0. The quantitative estimate of drug-likeness (QED) is 0.451. The van der Waals surface area contributed by atoms with Gasteiger partial charge in [0.15, 0.2) is 0 Å². The van der Waals surface area contributed by atoms with Crippen LogP contribution in [0.5, 0.6) is 0 Å². The van der Waals surface area contributed by atoms with Gasteiger partial charge in [-0.15, -0.1) is 9.24 Å². The first kappa shape index (κ1) is 8.31. The van der Waals surface area contributed by atoms with E-state index in [1.165, 1.54) is 5.30 Å². The van der Waals surface area contributed by atoms with Gasteiger partial charge >= 0.3 is 20.4 Å². The van der Waals surface area contributed by atoms with Gasteiger partial charge in [-0.05, 0) is 5.30 Å². The van der Waals surface area contributed by atoms with Crippen molar-refractivity contribution in [1.82, 2.24) is 0 Å². The monoisotopic (exact) mass is 216 g/mol. The third kappa shape index (κ3) is 2.58. The fourth-order valence-electron chi connectivity index (χ4n) is 0.453. The summed E-state index contributed by atoms with van der Waals surface area (Å²) in [5.41, 5.74) is 0. The van der Waals surface area contributed by atoms with E-state index >= 15 is 0 Å². The second-order valence-electron chi connectivity index (χ2n) is 1.41. The molecule has 0 N–H and O–H groups in total. The Morgan fingerprint density at radius 2 is 1.50 bits per heavy atom. The second-order valence-corrected chi connectivity index (χ2v) is 2.08. The molecule has 0 saturated heterocycles. The topological polar surface area (TPSA) is 0 Å². The molecule has 0 fully saturated rings. The molecule has 0 nitrogen and oxygen atoms in total. The summed E-state index contributed by atoms with van der Waals surface area (Å²) < 4.78 is 0. The van der Waals surface area contributed by atoms with Gasteiger partial charge < -0.3 is 0 Å². The maximum atomic E-state index is 2.63. The zero-order valence-corrected chi connectivity index (χ0v) is 6.99. The number of hydrogen-bond acceptors (Lipinski definition) is 0. The summed E-state index contributed by atoms with van der Waals surface area (Å²) in [5.74, 6) is 0. The molecule has 8 heavy (non-hydrogen) atoms. The van der Waals surface area contributed by atoms with Gasteiger partial charge in [-0.1, -0.05) is 30.3 Å². The summed E-state index contributed by atoms with van der Waals surface area (Å²) in [6, 6.07) is 10.1. The Bertz CT molecular complexity index is 138. The predicted octanol–water partition coefficient (Wildman–Crippen LogP) is 1.18. The standard InChI is InChI=1S/C6H7P.Pd/c7-6-4-2-1-3-5-6;/h1-5H,7H2;/q;+2. The molecule has 0 aliphatic heterocycles. The predicted molar refractivity (Wildman–Crippen MR) is 35.8 cm³/mol. The Labute approximate surface area is 65.5 Å². The van der Waals surface area contributed by atoms with Crippen molar-refractivity contribution in [3.05, 3.63) is 30.3 Å². The number of benzene rings is 1. The fraction of sp³-hybridized carbons (Fsp3) is 0. The Hall–Kier alpha value is 0.312. The van der Waals surface area contributed by atoms with Crippen molar-refractivity contribution in [2.45, 2.75) is 0 Å². The maximum Gasteiger partial charge on any atom is 2.00 e. The summed E-state index contributed by atoms with van der Waals surface area (Å²) in [5, 5.41) is 1.24. The fourth-order valence-corrected chi connectivity index (χ4v) is 0.675. The van der Waals surface area contributed by atoms with Crippen LogP contribution >= 0.6 is 9.24 Å². The summed E-state index contributed by atoms with van der Waals surface area (Å²) in [6.45, 7) is 0. The van der Waals surface area contributed by atoms with E-state index in [1.807, 2.05) is 30.3 Å². The molecular formula is C6H7PPd+2. The minimum Gasteiger partial charge on any atom is -0.106 e. The van der Waals surface area contributed by atoms with E-state index in [9.17, 15) is 0 Å². The van der Waals surface area contributed by atoms with Crippen molar-refractivity contribution in [3.63, 3.8) is 0 Å². The minimum absolute atomic E-state index is 0. The molecule has 0 heterocycles. The molecule has 0 spiro atoms. The third-order valence-corrected chi connectivity index (χ3v) is 1.18. The molecule has 0 radical (unpaired) electrons. The van der Waals surface area contributed by atoms with Crippen LogP contribution in [0.4, 0.5) is 0 Å². The Morgan fingerprint density at radius 3 is 1.75 bits per heavy atom. The molecule has 0 bridgehead atoms.